The molecule has 1 amide bonds. The van der Waals surface area contributed by atoms with Gasteiger partial charge in [0.15, 0.2) is 0 Å². The molecule has 0 spiro atoms. The van der Waals surface area contributed by atoms with Crippen molar-refractivity contribution in [3.63, 3.8) is 0 Å². The smallest absolute Gasteiger partial charge is 0.236 e. The van der Waals surface area contributed by atoms with Gasteiger partial charge in [0.25, 0.3) is 0 Å². The van der Waals surface area contributed by atoms with Crippen molar-refractivity contribution in [3.05, 3.63) is 33.3 Å². The second-order valence-electron chi connectivity index (χ2n) is 6.88. The van der Waals surface area contributed by atoms with Crippen LogP contribution in [0.1, 0.15) is 42.9 Å². The number of carbonyl (C=O) groups excluding carboxylic acids is 1. The van der Waals surface area contributed by atoms with Gasteiger partial charge in [0.1, 0.15) is 0 Å². The fraction of sp³-hybridized carbons (Fsp3) is 0.611. The van der Waals surface area contributed by atoms with E-state index in [1.807, 2.05) is 22.9 Å². The van der Waals surface area contributed by atoms with Gasteiger partial charge in [0.05, 0.1) is 18.7 Å². The maximum Gasteiger partial charge on any atom is 0.236 e. The van der Waals surface area contributed by atoms with Crippen LogP contribution in [0.25, 0.3) is 0 Å². The molecule has 0 saturated carbocycles. The monoisotopic (exact) mass is 370 g/mol. The van der Waals surface area contributed by atoms with Crippen LogP contribution in [0.15, 0.2) is 12.1 Å². The second-order valence-corrected chi connectivity index (χ2v) is 7.73. The van der Waals surface area contributed by atoms with E-state index in [2.05, 4.69) is 0 Å². The predicted molar refractivity (Wildman–Crippen MR) is 96.6 cm³/mol. The van der Waals surface area contributed by atoms with E-state index in [0.717, 1.165) is 37.1 Å². The Morgan fingerprint density at radius 1 is 1.25 bits per heavy atom. The number of benzene rings is 1. The van der Waals surface area contributed by atoms with Crippen LogP contribution in [0.3, 0.4) is 0 Å². The minimum absolute atomic E-state index is 0.133. The van der Waals surface area contributed by atoms with Crippen molar-refractivity contribution in [3.8, 4) is 0 Å². The molecule has 1 N–H and O–H groups in total. The Kier molecular flexibility index (Phi) is 5.70. The van der Waals surface area contributed by atoms with Crippen molar-refractivity contribution in [2.45, 2.75) is 44.2 Å². The van der Waals surface area contributed by atoms with Gasteiger partial charge in [-0.15, -0.1) is 0 Å². The Labute approximate surface area is 153 Å². The highest BCUT2D eigenvalue weighted by Gasteiger charge is 2.36. The first-order valence-electron chi connectivity index (χ1n) is 8.61. The third-order valence-corrected chi connectivity index (χ3v) is 5.66. The molecule has 2 aliphatic rings. The molecule has 1 aromatic rings. The number of rotatable bonds is 3. The van der Waals surface area contributed by atoms with Crippen LogP contribution in [0.4, 0.5) is 0 Å². The lowest BCUT2D eigenvalue weighted by atomic mass is 10.1. The van der Waals surface area contributed by atoms with E-state index in [9.17, 15) is 9.90 Å². The number of likely N-dealkylation sites (N-methyl/N-ethyl adjacent to an activating group) is 1. The largest absolute Gasteiger partial charge is 0.391 e. The molecule has 0 unspecified atom stereocenters. The van der Waals surface area contributed by atoms with Gasteiger partial charge in [-0.25, -0.2) is 0 Å². The fourth-order valence-electron chi connectivity index (χ4n) is 3.89. The molecule has 1 fully saturated rings. The lowest BCUT2D eigenvalue weighted by Gasteiger charge is -2.30. The summed E-state index contributed by atoms with van der Waals surface area (Å²) >= 11 is 12.4. The van der Waals surface area contributed by atoms with Crippen molar-refractivity contribution in [2.24, 2.45) is 0 Å². The molecular formula is C18H24Cl2N2O2. The highest BCUT2D eigenvalue weighted by atomic mass is 35.5. The zero-order valence-electron chi connectivity index (χ0n) is 14.0. The Balaban J connectivity index is 1.73. The highest BCUT2D eigenvalue weighted by Crippen LogP contribution is 2.40. The van der Waals surface area contributed by atoms with Crippen LogP contribution in [0.5, 0.6) is 0 Å². The molecule has 2 atom stereocenters. The van der Waals surface area contributed by atoms with Gasteiger partial charge in [-0.3, -0.25) is 9.69 Å². The van der Waals surface area contributed by atoms with Crippen LogP contribution >= 0.6 is 23.2 Å². The number of nitrogens with zero attached hydrogens (tertiary/aromatic N) is 2. The summed E-state index contributed by atoms with van der Waals surface area (Å²) in [7, 11) is 1.88. The minimum Gasteiger partial charge on any atom is -0.391 e. The van der Waals surface area contributed by atoms with Crippen LogP contribution in [0.2, 0.25) is 10.0 Å². The van der Waals surface area contributed by atoms with Gasteiger partial charge in [-0.1, -0.05) is 36.0 Å². The maximum atomic E-state index is 12.6. The lowest BCUT2D eigenvalue weighted by Crippen LogP contribution is -2.42. The Morgan fingerprint density at radius 3 is 2.58 bits per heavy atom. The molecule has 24 heavy (non-hydrogen) atoms. The molecule has 1 aromatic carbocycles. The molecule has 3 rings (SSSR count). The number of hydrogen-bond donors (Lipinski definition) is 1. The number of carbonyl (C=O) groups is 1. The third kappa shape index (κ3) is 3.72. The molecule has 132 valence electrons. The normalized spacial score (nSPS) is 24.1. The molecule has 4 nitrogen and oxygen atoms in total. The van der Waals surface area contributed by atoms with Gasteiger partial charge in [-0.05, 0) is 43.1 Å². The van der Waals surface area contributed by atoms with Gasteiger partial charge >= 0.3 is 0 Å². The van der Waals surface area contributed by atoms with Gasteiger partial charge in [0, 0.05) is 29.6 Å². The van der Waals surface area contributed by atoms with Crippen LogP contribution in [-0.2, 0) is 11.2 Å². The summed E-state index contributed by atoms with van der Waals surface area (Å²) in [6.45, 7) is 1.98. The molecule has 1 aliphatic carbocycles. The van der Waals surface area contributed by atoms with Crippen LogP contribution in [0, 0.1) is 0 Å². The number of aliphatic hydroxyl groups is 1. The number of likely N-dealkylation sites (tertiary alicyclic amines) is 1. The summed E-state index contributed by atoms with van der Waals surface area (Å²) in [5.41, 5.74) is 1.87. The van der Waals surface area contributed by atoms with E-state index in [0.29, 0.717) is 23.0 Å². The van der Waals surface area contributed by atoms with E-state index < -0.39 is 6.10 Å². The third-order valence-electron chi connectivity index (χ3n) is 5.11. The maximum absolute atomic E-state index is 12.6. The Bertz CT molecular complexity index is 615. The molecular weight excluding hydrogens is 347 g/mol. The first kappa shape index (κ1) is 18.0. The lowest BCUT2D eigenvalue weighted by molar-refractivity contribution is -0.133. The molecule has 6 heteroatoms. The summed E-state index contributed by atoms with van der Waals surface area (Å²) < 4.78 is 0. The van der Waals surface area contributed by atoms with Crippen molar-refractivity contribution in [2.75, 3.05) is 26.7 Å². The van der Waals surface area contributed by atoms with Crippen molar-refractivity contribution >= 4 is 29.1 Å². The number of fused-ring (bicyclic) bond motifs is 1. The standard InChI is InChI=1S/C18H24Cl2N2O2/c1-21(11-17(24)22-6-4-2-3-5-7-22)18-14-8-12(19)9-15(20)13(14)10-16(18)23/h8-9,16,18,23H,2-7,10-11H2,1H3/t16-,18+/m0/s1. The van der Waals surface area contributed by atoms with E-state index in [4.69, 9.17) is 23.2 Å². The van der Waals surface area contributed by atoms with Crippen molar-refractivity contribution in [1.82, 2.24) is 9.80 Å². The second kappa shape index (κ2) is 7.61. The van der Waals surface area contributed by atoms with E-state index in [-0.39, 0.29) is 11.9 Å². The molecule has 1 aliphatic heterocycles. The molecule has 0 bridgehead atoms. The number of halogens is 2. The summed E-state index contributed by atoms with van der Waals surface area (Å²) in [6.07, 6.45) is 4.48. The number of amides is 1. The van der Waals surface area contributed by atoms with E-state index >= 15 is 0 Å². The van der Waals surface area contributed by atoms with Gasteiger partial charge in [0.2, 0.25) is 5.91 Å². The fourth-order valence-corrected chi connectivity index (χ4v) is 4.48. The quantitative estimate of drug-likeness (QED) is 0.887. The molecule has 0 radical (unpaired) electrons. The number of hydrogen-bond acceptors (Lipinski definition) is 3. The highest BCUT2D eigenvalue weighted by molar-refractivity contribution is 6.35. The SMILES string of the molecule is CN(CC(=O)N1CCCCCC1)[C@@H]1c2cc(Cl)cc(Cl)c2C[C@@H]1O. The summed E-state index contributed by atoms with van der Waals surface area (Å²) in [5, 5.41) is 11.6. The summed E-state index contributed by atoms with van der Waals surface area (Å²) in [6, 6.07) is 3.32. The molecule has 1 saturated heterocycles. The van der Waals surface area contributed by atoms with Gasteiger partial charge < -0.3 is 10.0 Å². The first-order valence-corrected chi connectivity index (χ1v) is 9.37. The van der Waals surface area contributed by atoms with Gasteiger partial charge in [-0.2, -0.15) is 0 Å². The Hall–Kier alpha value is -0.810. The molecule has 0 aromatic heterocycles. The average molecular weight is 371 g/mol. The van der Waals surface area contributed by atoms with Crippen molar-refractivity contribution < 1.29 is 9.90 Å². The zero-order valence-corrected chi connectivity index (χ0v) is 15.5. The molecule has 1 heterocycles. The topological polar surface area (TPSA) is 43.8 Å². The minimum atomic E-state index is -0.571. The number of aliphatic hydroxyl groups excluding tert-OH is 1. The average Bonchev–Trinajstić information content (AvgIpc) is 2.71. The first-order chi connectivity index (χ1) is 11.5. The van der Waals surface area contributed by atoms with E-state index in [1.165, 1.54) is 12.8 Å². The van der Waals surface area contributed by atoms with E-state index in [1.54, 1.807) is 6.07 Å². The predicted octanol–water partition coefficient (Wildman–Crippen LogP) is 3.29. The summed E-state index contributed by atoms with van der Waals surface area (Å²) in [5.74, 6) is 0.133. The van der Waals surface area contributed by atoms with Crippen LogP contribution in [-0.4, -0.2) is 53.6 Å². The summed E-state index contributed by atoms with van der Waals surface area (Å²) in [4.78, 5) is 16.5. The van der Waals surface area contributed by atoms with Crippen LogP contribution < -0.4 is 0 Å². The Morgan fingerprint density at radius 2 is 1.92 bits per heavy atom. The zero-order chi connectivity index (χ0) is 17.3. The van der Waals surface area contributed by atoms with Crippen molar-refractivity contribution in [1.29, 1.82) is 0 Å².